The van der Waals surface area contributed by atoms with E-state index in [0.29, 0.717) is 0 Å². The molecule has 2 aliphatic rings. The van der Waals surface area contributed by atoms with Gasteiger partial charge in [-0.25, -0.2) is 0 Å². The Labute approximate surface area is 69.6 Å². The van der Waals surface area contributed by atoms with Gasteiger partial charge < -0.3 is 5.32 Å². The predicted octanol–water partition coefficient (Wildman–Crippen LogP) is 2.17. The largest absolute Gasteiger partial charge is 0.317 e. The Bertz CT molecular complexity index is 147. The molecule has 64 valence electrons. The first-order valence-electron chi connectivity index (χ1n) is 4.91. The van der Waals surface area contributed by atoms with Gasteiger partial charge in [0.15, 0.2) is 0 Å². The molecule has 1 atom stereocenters. The minimum Gasteiger partial charge on any atom is -0.317 e. The molecule has 2 fully saturated rings. The molecule has 0 unspecified atom stereocenters. The van der Waals surface area contributed by atoms with E-state index in [1.807, 2.05) is 0 Å². The van der Waals surface area contributed by atoms with Gasteiger partial charge in [0, 0.05) is 6.04 Å². The molecule has 0 aromatic rings. The van der Waals surface area contributed by atoms with Crippen LogP contribution in [0.2, 0.25) is 0 Å². The van der Waals surface area contributed by atoms with Gasteiger partial charge in [0.2, 0.25) is 0 Å². The maximum atomic E-state index is 3.37. The molecule has 0 aliphatic heterocycles. The van der Waals surface area contributed by atoms with E-state index in [9.17, 15) is 0 Å². The second-order valence-corrected chi connectivity index (χ2v) is 4.74. The van der Waals surface area contributed by atoms with Crippen LogP contribution in [0.4, 0.5) is 0 Å². The highest BCUT2D eigenvalue weighted by Gasteiger charge is 2.46. The maximum absolute atomic E-state index is 3.37. The lowest BCUT2D eigenvalue weighted by atomic mass is 9.64. The van der Waals surface area contributed by atoms with Gasteiger partial charge in [-0.2, -0.15) is 0 Å². The highest BCUT2D eigenvalue weighted by atomic mass is 14.9. The summed E-state index contributed by atoms with van der Waals surface area (Å²) in [5, 5.41) is 3.37. The fourth-order valence-electron chi connectivity index (χ4n) is 3.06. The average molecular weight is 153 g/mol. The third kappa shape index (κ3) is 1.20. The van der Waals surface area contributed by atoms with Gasteiger partial charge in [-0.05, 0) is 44.1 Å². The molecule has 0 aromatic heterocycles. The maximum Gasteiger partial charge on any atom is 0.00746 e. The molecule has 1 nitrogen and oxygen atoms in total. The standard InChI is InChI=1S/C10H19N/c1-8-3-4-10(5-8)6-9(7-10)11-2/h8-9,11H,3-7H2,1-2H3/t8-,9?,10?/m1/s1. The van der Waals surface area contributed by atoms with Crippen LogP contribution in [-0.4, -0.2) is 13.1 Å². The topological polar surface area (TPSA) is 12.0 Å². The summed E-state index contributed by atoms with van der Waals surface area (Å²) >= 11 is 0. The molecule has 1 heteroatoms. The summed E-state index contributed by atoms with van der Waals surface area (Å²) in [7, 11) is 2.09. The van der Waals surface area contributed by atoms with Crippen molar-refractivity contribution in [2.75, 3.05) is 7.05 Å². The van der Waals surface area contributed by atoms with Crippen molar-refractivity contribution >= 4 is 0 Å². The first kappa shape index (κ1) is 7.60. The molecule has 0 aromatic carbocycles. The minimum atomic E-state index is 0.799. The zero-order chi connectivity index (χ0) is 7.90. The third-order valence-corrected chi connectivity index (χ3v) is 3.72. The van der Waals surface area contributed by atoms with E-state index >= 15 is 0 Å². The van der Waals surface area contributed by atoms with Crippen LogP contribution in [0.15, 0.2) is 0 Å². The lowest BCUT2D eigenvalue weighted by molar-refractivity contribution is 0.0906. The second-order valence-electron chi connectivity index (χ2n) is 4.74. The van der Waals surface area contributed by atoms with Gasteiger partial charge >= 0.3 is 0 Å². The van der Waals surface area contributed by atoms with Crippen LogP contribution < -0.4 is 5.32 Å². The zero-order valence-electron chi connectivity index (χ0n) is 7.69. The predicted molar refractivity (Wildman–Crippen MR) is 47.5 cm³/mol. The number of nitrogens with one attached hydrogen (secondary N) is 1. The molecular weight excluding hydrogens is 134 g/mol. The minimum absolute atomic E-state index is 0.799. The Morgan fingerprint density at radius 3 is 2.45 bits per heavy atom. The van der Waals surface area contributed by atoms with E-state index in [2.05, 4.69) is 19.3 Å². The van der Waals surface area contributed by atoms with Crippen molar-refractivity contribution in [1.82, 2.24) is 5.32 Å². The monoisotopic (exact) mass is 153 g/mol. The van der Waals surface area contributed by atoms with Crippen molar-refractivity contribution in [3.63, 3.8) is 0 Å². The van der Waals surface area contributed by atoms with Gasteiger partial charge in [0.05, 0.1) is 0 Å². The van der Waals surface area contributed by atoms with E-state index < -0.39 is 0 Å². The van der Waals surface area contributed by atoms with Crippen LogP contribution in [0.5, 0.6) is 0 Å². The summed E-state index contributed by atoms with van der Waals surface area (Å²) in [6.45, 7) is 2.40. The fourth-order valence-corrected chi connectivity index (χ4v) is 3.06. The molecular formula is C10H19N. The zero-order valence-corrected chi connectivity index (χ0v) is 7.69. The van der Waals surface area contributed by atoms with Crippen LogP contribution in [0.3, 0.4) is 0 Å². The smallest absolute Gasteiger partial charge is 0.00746 e. The van der Waals surface area contributed by atoms with Crippen molar-refractivity contribution < 1.29 is 0 Å². The van der Waals surface area contributed by atoms with E-state index in [0.717, 1.165) is 17.4 Å². The normalized spacial score (nSPS) is 49.6. The van der Waals surface area contributed by atoms with Crippen molar-refractivity contribution in [2.45, 2.75) is 45.1 Å². The molecule has 1 spiro atoms. The number of rotatable bonds is 1. The molecule has 2 aliphatic carbocycles. The molecule has 0 bridgehead atoms. The van der Waals surface area contributed by atoms with Gasteiger partial charge in [0.25, 0.3) is 0 Å². The highest BCUT2D eigenvalue weighted by molar-refractivity contribution is 5.00. The number of hydrogen-bond donors (Lipinski definition) is 1. The molecule has 0 radical (unpaired) electrons. The quantitative estimate of drug-likeness (QED) is 0.609. The number of hydrogen-bond acceptors (Lipinski definition) is 1. The van der Waals surface area contributed by atoms with Crippen LogP contribution in [0, 0.1) is 11.3 Å². The van der Waals surface area contributed by atoms with Crippen LogP contribution in [-0.2, 0) is 0 Å². The molecule has 11 heavy (non-hydrogen) atoms. The Morgan fingerprint density at radius 1 is 1.27 bits per heavy atom. The Kier molecular flexibility index (Phi) is 1.71. The third-order valence-electron chi connectivity index (χ3n) is 3.72. The molecule has 2 rings (SSSR count). The van der Waals surface area contributed by atoms with Crippen LogP contribution in [0.25, 0.3) is 0 Å². The lowest BCUT2D eigenvalue weighted by Crippen LogP contribution is -2.46. The van der Waals surface area contributed by atoms with E-state index in [-0.39, 0.29) is 0 Å². The van der Waals surface area contributed by atoms with Gasteiger partial charge in [-0.1, -0.05) is 13.3 Å². The summed E-state index contributed by atoms with van der Waals surface area (Å²) in [4.78, 5) is 0. The summed E-state index contributed by atoms with van der Waals surface area (Å²) in [6, 6.07) is 0.847. The highest BCUT2D eigenvalue weighted by Crippen LogP contribution is 2.54. The molecule has 0 heterocycles. The summed E-state index contributed by atoms with van der Waals surface area (Å²) < 4.78 is 0. The fraction of sp³-hybridized carbons (Fsp3) is 1.00. The average Bonchev–Trinajstić information content (AvgIpc) is 2.28. The molecule has 0 amide bonds. The van der Waals surface area contributed by atoms with Crippen molar-refractivity contribution in [1.29, 1.82) is 0 Å². The van der Waals surface area contributed by atoms with Gasteiger partial charge in [0.1, 0.15) is 0 Å². The van der Waals surface area contributed by atoms with Gasteiger partial charge in [-0.15, -0.1) is 0 Å². The second kappa shape index (κ2) is 2.48. The molecule has 0 saturated heterocycles. The summed E-state index contributed by atoms with van der Waals surface area (Å²) in [6.07, 6.45) is 7.40. The van der Waals surface area contributed by atoms with Crippen LogP contribution >= 0.6 is 0 Å². The first-order valence-corrected chi connectivity index (χ1v) is 4.91. The first-order chi connectivity index (χ1) is 5.24. The van der Waals surface area contributed by atoms with E-state index in [1.165, 1.54) is 32.1 Å². The summed E-state index contributed by atoms with van der Waals surface area (Å²) in [5.74, 6) is 1.01. The summed E-state index contributed by atoms with van der Waals surface area (Å²) in [5.41, 5.74) is 0.799. The van der Waals surface area contributed by atoms with E-state index in [1.54, 1.807) is 0 Å². The van der Waals surface area contributed by atoms with Crippen molar-refractivity contribution in [3.05, 3.63) is 0 Å². The SMILES string of the molecule is CNC1CC2(CC[C@@H](C)C2)C1. The van der Waals surface area contributed by atoms with E-state index in [4.69, 9.17) is 0 Å². The Morgan fingerprint density at radius 2 is 2.00 bits per heavy atom. The van der Waals surface area contributed by atoms with Crippen molar-refractivity contribution in [3.8, 4) is 0 Å². The molecule has 1 N–H and O–H groups in total. The van der Waals surface area contributed by atoms with Crippen LogP contribution in [0.1, 0.15) is 39.0 Å². The van der Waals surface area contributed by atoms with Gasteiger partial charge in [-0.3, -0.25) is 0 Å². The Balaban J connectivity index is 1.87. The lowest BCUT2D eigenvalue weighted by Gasteiger charge is -2.45. The Hall–Kier alpha value is -0.0400. The molecule has 2 saturated carbocycles. The van der Waals surface area contributed by atoms with Crippen molar-refractivity contribution in [2.24, 2.45) is 11.3 Å².